The molecule has 1 aromatic carbocycles. The second-order valence-corrected chi connectivity index (χ2v) is 4.56. The summed E-state index contributed by atoms with van der Waals surface area (Å²) in [5.74, 6) is 0.471. The van der Waals surface area contributed by atoms with Gasteiger partial charge < -0.3 is 4.74 Å². The number of aromatic nitrogens is 1. The molecule has 0 saturated heterocycles. The molecule has 0 N–H and O–H groups in total. The molecule has 1 aromatic heterocycles. The third-order valence-corrected chi connectivity index (χ3v) is 3.06. The van der Waals surface area contributed by atoms with E-state index < -0.39 is 0 Å². The number of nitrogens with zero attached hydrogens (tertiary/aromatic N) is 1. The number of hydrogen-bond acceptors (Lipinski definition) is 2. The number of hydrogen-bond donors (Lipinski definition) is 0. The molecule has 0 unspecified atom stereocenters. The van der Waals surface area contributed by atoms with Crippen LogP contribution in [0.5, 0.6) is 5.88 Å². The quantitative estimate of drug-likeness (QED) is 0.798. The molecule has 5 heteroatoms. The molecule has 2 aromatic rings. The topological polar surface area (TPSA) is 22.1 Å². The Morgan fingerprint density at radius 2 is 1.76 bits per heavy atom. The molecule has 0 aliphatic heterocycles. The summed E-state index contributed by atoms with van der Waals surface area (Å²) in [5.41, 5.74) is 1.41. The second-order valence-electron chi connectivity index (χ2n) is 3.30. The normalized spacial score (nSPS) is 10.4. The summed E-state index contributed by atoms with van der Waals surface area (Å²) in [6, 6.07) is 6.90. The standard InChI is InChI=1S/C12H8Cl3NO/c1-17-12-8(3-2-4-16-12)11-9(14)5-7(13)6-10(11)15/h2-6H,1H3. The summed E-state index contributed by atoms with van der Waals surface area (Å²) in [4.78, 5) is 4.11. The van der Waals surface area contributed by atoms with Crippen molar-refractivity contribution in [1.82, 2.24) is 4.98 Å². The third kappa shape index (κ3) is 2.49. The van der Waals surface area contributed by atoms with E-state index in [4.69, 9.17) is 39.5 Å². The summed E-state index contributed by atoms with van der Waals surface area (Å²) in [5, 5.41) is 1.43. The van der Waals surface area contributed by atoms with E-state index in [1.165, 1.54) is 0 Å². The first-order chi connectivity index (χ1) is 8.13. The molecular weight excluding hydrogens is 280 g/mol. The highest BCUT2D eigenvalue weighted by Gasteiger charge is 2.14. The van der Waals surface area contributed by atoms with Crippen molar-refractivity contribution in [2.24, 2.45) is 0 Å². The van der Waals surface area contributed by atoms with Gasteiger partial charge in [0.05, 0.1) is 17.2 Å². The molecule has 0 aliphatic rings. The summed E-state index contributed by atoms with van der Waals surface area (Å²) in [6.07, 6.45) is 1.64. The molecule has 0 amide bonds. The summed E-state index contributed by atoms with van der Waals surface area (Å²) in [6.45, 7) is 0. The number of pyridine rings is 1. The van der Waals surface area contributed by atoms with E-state index in [2.05, 4.69) is 4.98 Å². The maximum atomic E-state index is 6.15. The molecule has 0 aliphatic carbocycles. The fourth-order valence-corrected chi connectivity index (χ4v) is 2.56. The average molecular weight is 289 g/mol. The van der Waals surface area contributed by atoms with Crippen LogP contribution in [0.3, 0.4) is 0 Å². The molecule has 17 heavy (non-hydrogen) atoms. The van der Waals surface area contributed by atoms with Crippen molar-refractivity contribution >= 4 is 34.8 Å². The zero-order valence-corrected chi connectivity index (χ0v) is 11.1. The zero-order chi connectivity index (χ0) is 12.4. The van der Waals surface area contributed by atoms with E-state index in [9.17, 15) is 0 Å². The average Bonchev–Trinajstić information content (AvgIpc) is 2.28. The van der Waals surface area contributed by atoms with Crippen LogP contribution >= 0.6 is 34.8 Å². The highest BCUT2D eigenvalue weighted by atomic mass is 35.5. The Kier molecular flexibility index (Phi) is 3.77. The van der Waals surface area contributed by atoms with Gasteiger partial charge in [0.1, 0.15) is 0 Å². The van der Waals surface area contributed by atoms with Crippen molar-refractivity contribution in [2.75, 3.05) is 7.11 Å². The second kappa shape index (κ2) is 5.13. The predicted octanol–water partition coefficient (Wildman–Crippen LogP) is 4.72. The minimum atomic E-state index is 0.466. The summed E-state index contributed by atoms with van der Waals surface area (Å²) in [7, 11) is 1.55. The molecule has 0 radical (unpaired) electrons. The highest BCUT2D eigenvalue weighted by Crippen LogP contribution is 2.40. The van der Waals surface area contributed by atoms with Crippen LogP contribution in [-0.2, 0) is 0 Å². The fraction of sp³-hybridized carbons (Fsp3) is 0.0833. The highest BCUT2D eigenvalue weighted by molar-refractivity contribution is 6.41. The Balaban J connectivity index is 2.68. The number of ether oxygens (including phenoxy) is 1. The van der Waals surface area contributed by atoms with Crippen molar-refractivity contribution in [2.45, 2.75) is 0 Å². The van der Waals surface area contributed by atoms with Crippen LogP contribution in [0.15, 0.2) is 30.5 Å². The van der Waals surface area contributed by atoms with Crippen molar-refractivity contribution in [3.63, 3.8) is 0 Å². The molecule has 2 nitrogen and oxygen atoms in total. The van der Waals surface area contributed by atoms with Crippen molar-refractivity contribution in [3.05, 3.63) is 45.5 Å². The van der Waals surface area contributed by atoms with Crippen LogP contribution in [-0.4, -0.2) is 12.1 Å². The maximum absolute atomic E-state index is 6.15. The van der Waals surface area contributed by atoms with Gasteiger partial charge in [-0.15, -0.1) is 0 Å². The van der Waals surface area contributed by atoms with Gasteiger partial charge in [0.25, 0.3) is 0 Å². The molecule has 0 atom stereocenters. The molecular formula is C12H8Cl3NO. The molecule has 0 saturated carbocycles. The lowest BCUT2D eigenvalue weighted by Crippen LogP contribution is -1.92. The third-order valence-electron chi connectivity index (χ3n) is 2.24. The summed E-state index contributed by atoms with van der Waals surface area (Å²) >= 11 is 18.2. The van der Waals surface area contributed by atoms with Gasteiger partial charge >= 0.3 is 0 Å². The number of methoxy groups -OCH3 is 1. The SMILES string of the molecule is COc1ncccc1-c1c(Cl)cc(Cl)cc1Cl. The van der Waals surface area contributed by atoms with Gasteiger partial charge in [0.2, 0.25) is 5.88 Å². The predicted molar refractivity (Wildman–Crippen MR) is 71.3 cm³/mol. The first-order valence-corrected chi connectivity index (χ1v) is 5.91. The molecule has 1 heterocycles. The van der Waals surface area contributed by atoms with Gasteiger partial charge in [-0.2, -0.15) is 0 Å². The minimum Gasteiger partial charge on any atom is -0.481 e. The van der Waals surface area contributed by atoms with Gasteiger partial charge in [-0.05, 0) is 24.3 Å². The van der Waals surface area contributed by atoms with Crippen LogP contribution in [0.2, 0.25) is 15.1 Å². The van der Waals surface area contributed by atoms with E-state index in [0.29, 0.717) is 26.5 Å². The van der Waals surface area contributed by atoms with Gasteiger partial charge in [0, 0.05) is 22.3 Å². The molecule has 0 bridgehead atoms. The molecule has 2 rings (SSSR count). The Morgan fingerprint density at radius 1 is 1.12 bits per heavy atom. The lowest BCUT2D eigenvalue weighted by atomic mass is 10.1. The lowest BCUT2D eigenvalue weighted by Gasteiger charge is -2.10. The molecule has 0 spiro atoms. The van der Waals surface area contributed by atoms with Crippen LogP contribution in [0.4, 0.5) is 0 Å². The molecule has 88 valence electrons. The van der Waals surface area contributed by atoms with E-state index in [1.807, 2.05) is 6.07 Å². The van der Waals surface area contributed by atoms with Gasteiger partial charge in [-0.25, -0.2) is 4.98 Å². The van der Waals surface area contributed by atoms with E-state index in [-0.39, 0.29) is 0 Å². The van der Waals surface area contributed by atoms with Crippen LogP contribution in [0, 0.1) is 0 Å². The van der Waals surface area contributed by atoms with Crippen molar-refractivity contribution < 1.29 is 4.74 Å². The largest absolute Gasteiger partial charge is 0.481 e. The van der Waals surface area contributed by atoms with E-state index in [1.54, 1.807) is 31.5 Å². The van der Waals surface area contributed by atoms with Crippen molar-refractivity contribution in [1.29, 1.82) is 0 Å². The van der Waals surface area contributed by atoms with Gasteiger partial charge in [-0.1, -0.05) is 34.8 Å². The minimum absolute atomic E-state index is 0.466. The number of benzene rings is 1. The monoisotopic (exact) mass is 287 g/mol. The van der Waals surface area contributed by atoms with Crippen LogP contribution in [0.25, 0.3) is 11.1 Å². The maximum Gasteiger partial charge on any atom is 0.221 e. The Labute approximate surface area is 114 Å². The Bertz CT molecular complexity index is 534. The number of halogens is 3. The van der Waals surface area contributed by atoms with Crippen molar-refractivity contribution in [3.8, 4) is 17.0 Å². The lowest BCUT2D eigenvalue weighted by molar-refractivity contribution is 0.399. The van der Waals surface area contributed by atoms with Crippen LogP contribution < -0.4 is 4.74 Å². The first-order valence-electron chi connectivity index (χ1n) is 4.77. The van der Waals surface area contributed by atoms with E-state index >= 15 is 0 Å². The zero-order valence-electron chi connectivity index (χ0n) is 8.88. The smallest absolute Gasteiger partial charge is 0.221 e. The van der Waals surface area contributed by atoms with Gasteiger partial charge in [0.15, 0.2) is 0 Å². The fourth-order valence-electron chi connectivity index (χ4n) is 1.54. The Hall–Kier alpha value is -0.960. The van der Waals surface area contributed by atoms with Gasteiger partial charge in [-0.3, -0.25) is 0 Å². The summed E-state index contributed by atoms with van der Waals surface area (Å²) < 4.78 is 5.18. The first kappa shape index (κ1) is 12.5. The van der Waals surface area contributed by atoms with Crippen LogP contribution in [0.1, 0.15) is 0 Å². The number of rotatable bonds is 2. The molecule has 0 fully saturated rings. The Morgan fingerprint density at radius 3 is 2.35 bits per heavy atom. The van der Waals surface area contributed by atoms with E-state index in [0.717, 1.165) is 5.56 Å².